The molecule has 0 radical (unpaired) electrons. The predicted molar refractivity (Wildman–Crippen MR) is 95.0 cm³/mol. The lowest BCUT2D eigenvalue weighted by atomic mass is 10.2. The Hall–Kier alpha value is -2.73. The van der Waals surface area contributed by atoms with Crippen LogP contribution in [-0.4, -0.2) is 20.9 Å². The van der Waals surface area contributed by atoms with E-state index in [0.29, 0.717) is 16.4 Å². The summed E-state index contributed by atoms with van der Waals surface area (Å²) in [4.78, 5) is 25.1. The van der Waals surface area contributed by atoms with Gasteiger partial charge < -0.3 is 5.32 Å². The van der Waals surface area contributed by atoms with E-state index in [9.17, 15) is 4.79 Å². The third-order valence-corrected chi connectivity index (χ3v) is 4.37. The van der Waals surface area contributed by atoms with Crippen molar-refractivity contribution in [3.05, 3.63) is 77.9 Å². The van der Waals surface area contributed by atoms with Crippen molar-refractivity contribution in [2.45, 2.75) is 17.7 Å². The molecule has 1 N–H and O–H groups in total. The summed E-state index contributed by atoms with van der Waals surface area (Å²) in [5.41, 5.74) is 2.72. The Labute approximate surface area is 144 Å². The summed E-state index contributed by atoms with van der Waals surface area (Å²) in [5, 5.41) is 3.50. The van der Waals surface area contributed by atoms with Crippen LogP contribution in [0.4, 0.5) is 5.82 Å². The summed E-state index contributed by atoms with van der Waals surface area (Å²) in [5.74, 6) is 1.04. The molecule has 0 atom stereocenters. The lowest BCUT2D eigenvalue weighted by Gasteiger charge is -2.09. The molecule has 0 saturated carbocycles. The zero-order chi connectivity index (χ0) is 16.8. The van der Waals surface area contributed by atoms with Gasteiger partial charge in [0.2, 0.25) is 0 Å². The largest absolute Gasteiger partial charge is 0.306 e. The zero-order valence-corrected chi connectivity index (χ0v) is 14.0. The lowest BCUT2D eigenvalue weighted by molar-refractivity contribution is 0.102. The fourth-order valence-corrected chi connectivity index (χ4v) is 2.98. The third kappa shape index (κ3) is 4.17. The Balaban J connectivity index is 1.73. The summed E-state index contributed by atoms with van der Waals surface area (Å²) >= 11 is 1.52. The number of nitrogens with one attached hydrogen (secondary N) is 1. The van der Waals surface area contributed by atoms with Gasteiger partial charge in [0, 0.05) is 30.5 Å². The first-order chi connectivity index (χ1) is 11.7. The van der Waals surface area contributed by atoms with Gasteiger partial charge in [-0.05, 0) is 48.4 Å². The molecule has 3 heterocycles. The van der Waals surface area contributed by atoms with Crippen LogP contribution in [0, 0.1) is 6.92 Å². The summed E-state index contributed by atoms with van der Waals surface area (Å²) in [6.45, 7) is 1.95. The quantitative estimate of drug-likeness (QED) is 0.719. The third-order valence-electron chi connectivity index (χ3n) is 3.29. The average molecular weight is 336 g/mol. The average Bonchev–Trinajstić information content (AvgIpc) is 2.63. The number of carbonyl (C=O) groups is 1. The van der Waals surface area contributed by atoms with E-state index < -0.39 is 0 Å². The van der Waals surface area contributed by atoms with Gasteiger partial charge >= 0.3 is 0 Å². The molecule has 0 fully saturated rings. The van der Waals surface area contributed by atoms with Crippen molar-refractivity contribution in [2.75, 3.05) is 5.32 Å². The predicted octanol–water partition coefficient (Wildman–Crippen LogP) is 3.72. The molecule has 0 spiro atoms. The van der Waals surface area contributed by atoms with E-state index in [4.69, 9.17) is 0 Å². The second-order valence-corrected chi connectivity index (χ2v) is 6.14. The summed E-state index contributed by atoms with van der Waals surface area (Å²) in [6, 6.07) is 11.1. The van der Waals surface area contributed by atoms with Crippen molar-refractivity contribution in [3.63, 3.8) is 0 Å². The monoisotopic (exact) mass is 336 g/mol. The highest BCUT2D eigenvalue weighted by atomic mass is 32.2. The molecule has 0 bridgehead atoms. The number of anilines is 1. The molecule has 3 aromatic rings. The van der Waals surface area contributed by atoms with Gasteiger partial charge in [-0.25, -0.2) is 9.97 Å². The first-order valence-corrected chi connectivity index (χ1v) is 8.41. The SMILES string of the molecule is Cc1ccc(NC(=O)c2cccnc2SCc2ccncc2)nc1. The van der Waals surface area contributed by atoms with Crippen LogP contribution < -0.4 is 5.32 Å². The van der Waals surface area contributed by atoms with Crippen molar-refractivity contribution in [3.8, 4) is 0 Å². The molecule has 0 aliphatic rings. The normalized spacial score (nSPS) is 10.4. The molecule has 3 aromatic heterocycles. The number of hydrogen-bond acceptors (Lipinski definition) is 5. The first-order valence-electron chi connectivity index (χ1n) is 7.43. The highest BCUT2D eigenvalue weighted by Gasteiger charge is 2.13. The fourth-order valence-electron chi connectivity index (χ4n) is 2.03. The van der Waals surface area contributed by atoms with E-state index in [1.165, 1.54) is 11.8 Å². The number of hydrogen-bond donors (Lipinski definition) is 1. The lowest BCUT2D eigenvalue weighted by Crippen LogP contribution is -2.14. The zero-order valence-electron chi connectivity index (χ0n) is 13.1. The van der Waals surface area contributed by atoms with Crippen LogP contribution >= 0.6 is 11.8 Å². The van der Waals surface area contributed by atoms with Crippen LogP contribution in [0.1, 0.15) is 21.5 Å². The topological polar surface area (TPSA) is 67.8 Å². The maximum atomic E-state index is 12.5. The molecule has 0 unspecified atom stereocenters. The number of carbonyl (C=O) groups excluding carboxylic acids is 1. The molecule has 5 nitrogen and oxygen atoms in total. The van der Waals surface area contributed by atoms with E-state index in [0.717, 1.165) is 16.9 Å². The molecular weight excluding hydrogens is 320 g/mol. The molecule has 24 heavy (non-hydrogen) atoms. The number of amides is 1. The van der Waals surface area contributed by atoms with Crippen LogP contribution in [0.5, 0.6) is 0 Å². The maximum Gasteiger partial charge on any atom is 0.259 e. The van der Waals surface area contributed by atoms with E-state index >= 15 is 0 Å². The van der Waals surface area contributed by atoms with Crippen molar-refractivity contribution in [1.29, 1.82) is 0 Å². The van der Waals surface area contributed by atoms with Crippen LogP contribution in [0.15, 0.2) is 66.2 Å². The van der Waals surface area contributed by atoms with Crippen LogP contribution in [-0.2, 0) is 5.75 Å². The number of pyridine rings is 3. The smallest absolute Gasteiger partial charge is 0.259 e. The summed E-state index contributed by atoms with van der Waals surface area (Å²) in [6.07, 6.45) is 6.92. The van der Waals surface area contributed by atoms with E-state index in [2.05, 4.69) is 20.3 Å². The van der Waals surface area contributed by atoms with Crippen molar-refractivity contribution in [1.82, 2.24) is 15.0 Å². The molecule has 3 rings (SSSR count). The van der Waals surface area contributed by atoms with E-state index in [-0.39, 0.29) is 5.91 Å². The first kappa shape index (κ1) is 16.1. The molecule has 0 saturated heterocycles. The Bertz CT molecular complexity index is 822. The molecule has 0 aromatic carbocycles. The number of rotatable bonds is 5. The second-order valence-electron chi connectivity index (χ2n) is 5.18. The molecular formula is C18H16N4OS. The molecule has 0 aliphatic carbocycles. The van der Waals surface area contributed by atoms with Gasteiger partial charge in [-0.15, -0.1) is 11.8 Å². The minimum absolute atomic E-state index is 0.211. The maximum absolute atomic E-state index is 12.5. The van der Waals surface area contributed by atoms with Gasteiger partial charge in [0.25, 0.3) is 5.91 Å². The Morgan fingerprint density at radius 3 is 2.67 bits per heavy atom. The van der Waals surface area contributed by atoms with Crippen LogP contribution in [0.25, 0.3) is 0 Å². The number of thioether (sulfide) groups is 1. The Morgan fingerprint density at radius 2 is 1.92 bits per heavy atom. The van der Waals surface area contributed by atoms with Gasteiger partial charge in [-0.1, -0.05) is 6.07 Å². The Morgan fingerprint density at radius 1 is 1.08 bits per heavy atom. The minimum Gasteiger partial charge on any atom is -0.306 e. The van der Waals surface area contributed by atoms with Crippen molar-refractivity contribution >= 4 is 23.5 Å². The standard InChI is InChI=1S/C18H16N4OS/c1-13-4-5-16(21-11-13)22-17(23)15-3-2-8-20-18(15)24-12-14-6-9-19-10-7-14/h2-11H,12H2,1H3,(H,21,22,23). The highest BCUT2D eigenvalue weighted by Crippen LogP contribution is 2.24. The van der Waals surface area contributed by atoms with Gasteiger partial charge in [0.05, 0.1) is 5.56 Å². The minimum atomic E-state index is -0.211. The van der Waals surface area contributed by atoms with Gasteiger partial charge in [0.1, 0.15) is 10.8 Å². The molecule has 1 amide bonds. The van der Waals surface area contributed by atoms with Crippen LogP contribution in [0.3, 0.4) is 0 Å². The van der Waals surface area contributed by atoms with Crippen molar-refractivity contribution in [2.24, 2.45) is 0 Å². The highest BCUT2D eigenvalue weighted by molar-refractivity contribution is 7.98. The number of aromatic nitrogens is 3. The second kappa shape index (κ2) is 7.70. The molecule has 6 heteroatoms. The summed E-state index contributed by atoms with van der Waals surface area (Å²) < 4.78 is 0. The Kier molecular flexibility index (Phi) is 5.18. The molecule has 0 aliphatic heterocycles. The van der Waals surface area contributed by atoms with Gasteiger partial charge in [0.15, 0.2) is 0 Å². The number of nitrogens with zero attached hydrogens (tertiary/aromatic N) is 3. The summed E-state index contributed by atoms with van der Waals surface area (Å²) in [7, 11) is 0. The number of aryl methyl sites for hydroxylation is 1. The van der Waals surface area contributed by atoms with Crippen LogP contribution in [0.2, 0.25) is 0 Å². The van der Waals surface area contributed by atoms with Gasteiger partial charge in [-0.2, -0.15) is 0 Å². The van der Waals surface area contributed by atoms with E-state index in [1.807, 2.05) is 25.1 Å². The van der Waals surface area contributed by atoms with Gasteiger partial charge in [-0.3, -0.25) is 9.78 Å². The molecule has 120 valence electrons. The fraction of sp³-hybridized carbons (Fsp3) is 0.111. The van der Waals surface area contributed by atoms with Crippen molar-refractivity contribution < 1.29 is 4.79 Å². The van der Waals surface area contributed by atoms with E-state index in [1.54, 1.807) is 43.0 Å².